The van der Waals surface area contributed by atoms with Crippen LogP contribution >= 0.6 is 0 Å². The van der Waals surface area contributed by atoms with Gasteiger partial charge in [0.05, 0.1) is 6.61 Å². The SMILES string of the molecule is CC=O.O=C[C@H](O)[C@@H](O)[C@H](O)[C@H](O)CO. The van der Waals surface area contributed by atoms with Gasteiger partial charge in [-0.1, -0.05) is 0 Å². The fourth-order valence-corrected chi connectivity index (χ4v) is 0.618. The third-order valence-corrected chi connectivity index (χ3v) is 1.42. The van der Waals surface area contributed by atoms with Gasteiger partial charge in [0.15, 0.2) is 6.29 Å². The molecule has 0 aliphatic rings. The number of aliphatic hydroxyl groups excluding tert-OH is 5. The molecular formula is C8H16O7. The summed E-state index contributed by atoms with van der Waals surface area (Å²) in [4.78, 5) is 18.7. The predicted molar refractivity (Wildman–Crippen MR) is 48.9 cm³/mol. The molecule has 0 bridgehead atoms. The van der Waals surface area contributed by atoms with Gasteiger partial charge in [0.2, 0.25) is 0 Å². The molecule has 0 aliphatic carbocycles. The first-order valence-corrected chi connectivity index (χ1v) is 4.14. The monoisotopic (exact) mass is 224 g/mol. The van der Waals surface area contributed by atoms with Crippen molar-refractivity contribution in [1.82, 2.24) is 0 Å². The van der Waals surface area contributed by atoms with E-state index in [4.69, 9.17) is 30.3 Å². The third kappa shape index (κ3) is 7.11. The number of aldehydes is 2. The standard InChI is InChI=1S/C6H12O6.C2H4O/c7-1-3(9)5(11)6(12)4(10)2-8;1-2-3/h1,3-6,8-12H,2H2;2H,1H3/t3-,4+,5+,6+;/m0./s1. The van der Waals surface area contributed by atoms with Crippen LogP contribution in [0.3, 0.4) is 0 Å². The number of carbonyl (C=O) groups is 2. The van der Waals surface area contributed by atoms with E-state index in [1.54, 1.807) is 0 Å². The molecule has 15 heavy (non-hydrogen) atoms. The average molecular weight is 224 g/mol. The van der Waals surface area contributed by atoms with E-state index in [1.165, 1.54) is 6.92 Å². The lowest BCUT2D eigenvalue weighted by Gasteiger charge is -2.22. The highest BCUT2D eigenvalue weighted by Crippen LogP contribution is 2.02. The van der Waals surface area contributed by atoms with Crippen molar-refractivity contribution in [3.63, 3.8) is 0 Å². The number of hydrogen-bond acceptors (Lipinski definition) is 7. The van der Waals surface area contributed by atoms with Crippen molar-refractivity contribution in [3.05, 3.63) is 0 Å². The summed E-state index contributed by atoms with van der Waals surface area (Å²) >= 11 is 0. The maximum atomic E-state index is 9.90. The second-order valence-corrected chi connectivity index (χ2v) is 2.59. The smallest absolute Gasteiger partial charge is 0.151 e. The first kappa shape index (κ1) is 16.6. The molecule has 0 fully saturated rings. The minimum absolute atomic E-state index is 0.0258. The molecule has 0 aromatic heterocycles. The van der Waals surface area contributed by atoms with Gasteiger partial charge < -0.3 is 35.1 Å². The Balaban J connectivity index is 0. The quantitative estimate of drug-likeness (QED) is 0.311. The van der Waals surface area contributed by atoms with E-state index in [2.05, 4.69) is 0 Å². The largest absolute Gasteiger partial charge is 0.394 e. The van der Waals surface area contributed by atoms with Crippen LogP contribution in [0.25, 0.3) is 0 Å². The Bertz CT molecular complexity index is 172. The number of aliphatic hydroxyl groups is 5. The van der Waals surface area contributed by atoms with Crippen molar-refractivity contribution >= 4 is 12.6 Å². The molecule has 5 N–H and O–H groups in total. The Morgan fingerprint density at radius 1 is 1.07 bits per heavy atom. The highest BCUT2D eigenvalue weighted by atomic mass is 16.4. The maximum absolute atomic E-state index is 9.90. The predicted octanol–water partition coefficient (Wildman–Crippen LogP) is -3.17. The van der Waals surface area contributed by atoms with Crippen LogP contribution < -0.4 is 0 Å². The molecule has 0 saturated heterocycles. The van der Waals surface area contributed by atoms with Gasteiger partial charge in [-0.05, 0) is 6.92 Å². The van der Waals surface area contributed by atoms with Crippen LogP contribution in [0.4, 0.5) is 0 Å². The van der Waals surface area contributed by atoms with Gasteiger partial charge in [0.1, 0.15) is 30.7 Å². The fraction of sp³-hybridized carbons (Fsp3) is 0.750. The average Bonchev–Trinajstić information content (AvgIpc) is 2.25. The molecule has 0 aromatic rings. The lowest BCUT2D eigenvalue weighted by atomic mass is 10.0. The molecule has 7 nitrogen and oxygen atoms in total. The Hall–Kier alpha value is -0.860. The van der Waals surface area contributed by atoms with E-state index in [0.717, 1.165) is 6.29 Å². The summed E-state index contributed by atoms with van der Waals surface area (Å²) in [6, 6.07) is 0. The van der Waals surface area contributed by atoms with Gasteiger partial charge >= 0.3 is 0 Å². The fourth-order valence-electron chi connectivity index (χ4n) is 0.618. The van der Waals surface area contributed by atoms with Crippen LogP contribution in [0.2, 0.25) is 0 Å². The summed E-state index contributed by atoms with van der Waals surface area (Å²) in [6.07, 6.45) is -6.09. The maximum Gasteiger partial charge on any atom is 0.151 e. The van der Waals surface area contributed by atoms with E-state index < -0.39 is 31.0 Å². The first-order valence-electron chi connectivity index (χ1n) is 4.14. The van der Waals surface area contributed by atoms with Gasteiger partial charge in [-0.15, -0.1) is 0 Å². The zero-order valence-corrected chi connectivity index (χ0v) is 8.22. The zero-order chi connectivity index (χ0) is 12.4. The molecular weight excluding hydrogens is 208 g/mol. The second kappa shape index (κ2) is 9.69. The van der Waals surface area contributed by atoms with Crippen molar-refractivity contribution < 1.29 is 35.1 Å². The van der Waals surface area contributed by atoms with Crippen LogP contribution in [-0.2, 0) is 9.59 Å². The van der Waals surface area contributed by atoms with Gasteiger partial charge in [-0.3, -0.25) is 0 Å². The molecule has 0 spiro atoms. The van der Waals surface area contributed by atoms with Crippen molar-refractivity contribution in [2.45, 2.75) is 31.3 Å². The van der Waals surface area contributed by atoms with E-state index in [-0.39, 0.29) is 6.29 Å². The number of carbonyl (C=O) groups excluding carboxylic acids is 2. The Labute approximate surface area is 86.6 Å². The summed E-state index contributed by atoms with van der Waals surface area (Å²) in [6.45, 7) is 0.684. The molecule has 0 amide bonds. The second-order valence-electron chi connectivity index (χ2n) is 2.59. The van der Waals surface area contributed by atoms with Crippen LogP contribution in [0.15, 0.2) is 0 Å². The minimum atomic E-state index is -1.79. The van der Waals surface area contributed by atoms with Crippen molar-refractivity contribution in [3.8, 4) is 0 Å². The van der Waals surface area contributed by atoms with Crippen LogP contribution in [0.1, 0.15) is 6.92 Å². The molecule has 4 atom stereocenters. The number of rotatable bonds is 5. The first-order chi connectivity index (χ1) is 6.95. The Kier molecular flexibility index (Phi) is 10.7. The van der Waals surface area contributed by atoms with Gasteiger partial charge in [-0.25, -0.2) is 0 Å². The summed E-state index contributed by atoms with van der Waals surface area (Å²) in [5.41, 5.74) is 0. The molecule has 0 aromatic carbocycles. The Morgan fingerprint density at radius 2 is 1.47 bits per heavy atom. The highest BCUT2D eigenvalue weighted by molar-refractivity contribution is 5.56. The van der Waals surface area contributed by atoms with Gasteiger partial charge in [0.25, 0.3) is 0 Å². The van der Waals surface area contributed by atoms with Gasteiger partial charge in [-0.2, -0.15) is 0 Å². The summed E-state index contributed by atoms with van der Waals surface area (Å²) in [5, 5.41) is 43.5. The van der Waals surface area contributed by atoms with E-state index in [9.17, 15) is 4.79 Å². The summed E-state index contributed by atoms with van der Waals surface area (Å²) < 4.78 is 0. The molecule has 7 heteroatoms. The molecule has 0 unspecified atom stereocenters. The molecule has 0 radical (unpaired) electrons. The van der Waals surface area contributed by atoms with Crippen LogP contribution in [0, 0.1) is 0 Å². The normalized spacial score (nSPS) is 17.7. The van der Waals surface area contributed by atoms with Crippen LogP contribution in [-0.4, -0.2) is 69.1 Å². The Morgan fingerprint density at radius 3 is 1.73 bits per heavy atom. The van der Waals surface area contributed by atoms with E-state index in [0.29, 0.717) is 0 Å². The zero-order valence-electron chi connectivity index (χ0n) is 8.22. The molecule has 0 heterocycles. The lowest BCUT2D eigenvalue weighted by molar-refractivity contribution is -0.136. The van der Waals surface area contributed by atoms with Crippen molar-refractivity contribution in [2.24, 2.45) is 0 Å². The lowest BCUT2D eigenvalue weighted by Crippen LogP contribution is -2.46. The third-order valence-electron chi connectivity index (χ3n) is 1.42. The van der Waals surface area contributed by atoms with E-state index in [1.807, 2.05) is 0 Å². The van der Waals surface area contributed by atoms with E-state index >= 15 is 0 Å². The molecule has 0 rings (SSSR count). The summed E-state index contributed by atoms with van der Waals surface area (Å²) in [7, 11) is 0. The highest BCUT2D eigenvalue weighted by Gasteiger charge is 2.29. The molecule has 90 valence electrons. The van der Waals surface area contributed by atoms with Crippen molar-refractivity contribution in [2.75, 3.05) is 6.61 Å². The van der Waals surface area contributed by atoms with Crippen LogP contribution in [0.5, 0.6) is 0 Å². The molecule has 0 saturated carbocycles. The topological polar surface area (TPSA) is 135 Å². The van der Waals surface area contributed by atoms with Crippen molar-refractivity contribution in [1.29, 1.82) is 0 Å². The minimum Gasteiger partial charge on any atom is -0.394 e. The molecule has 0 aliphatic heterocycles. The summed E-state index contributed by atoms with van der Waals surface area (Å²) in [5.74, 6) is 0. The number of hydrogen-bond donors (Lipinski definition) is 5. The van der Waals surface area contributed by atoms with Gasteiger partial charge in [0, 0.05) is 0 Å².